The Morgan fingerprint density at radius 2 is 2.20 bits per heavy atom. The smallest absolute Gasteiger partial charge is 0.123 e. The quantitative estimate of drug-likeness (QED) is 0.926. The number of hydrogen-bond acceptors (Lipinski definition) is 2. The van der Waals surface area contributed by atoms with Crippen molar-refractivity contribution in [2.24, 2.45) is 5.73 Å². The second kappa shape index (κ2) is 7.04. The van der Waals surface area contributed by atoms with Gasteiger partial charge in [0.05, 0.1) is 13.8 Å². The summed E-state index contributed by atoms with van der Waals surface area (Å²) in [6, 6.07) is 5.23. The largest absolute Gasteiger partial charge is 0.496 e. The summed E-state index contributed by atoms with van der Waals surface area (Å²) in [6.07, 6.45) is 0.312. The molecule has 0 aliphatic heterocycles. The van der Waals surface area contributed by atoms with E-state index in [1.54, 1.807) is 7.11 Å². The number of benzene rings is 1. The number of ether oxygens (including phenoxy) is 1. The van der Waals surface area contributed by atoms with Crippen molar-refractivity contribution in [2.45, 2.75) is 12.5 Å². The summed E-state index contributed by atoms with van der Waals surface area (Å²) in [5, 5.41) is 0. The minimum atomic E-state index is -0.420. The molecule has 0 bridgehead atoms. The molecule has 0 amide bonds. The molecule has 15 heavy (non-hydrogen) atoms. The molecule has 2 N–H and O–H groups in total. The molecule has 0 heterocycles. The van der Waals surface area contributed by atoms with Gasteiger partial charge in [-0.1, -0.05) is 15.9 Å². The van der Waals surface area contributed by atoms with Crippen LogP contribution in [0.15, 0.2) is 22.7 Å². The number of alkyl halides is 1. The summed E-state index contributed by atoms with van der Waals surface area (Å²) >= 11 is 3.34. The minimum absolute atomic E-state index is 0. The van der Waals surface area contributed by atoms with E-state index in [-0.39, 0.29) is 18.4 Å². The summed E-state index contributed by atoms with van der Waals surface area (Å²) in [7, 11) is 1.58. The molecule has 0 saturated heterocycles. The summed E-state index contributed by atoms with van der Waals surface area (Å²) in [5.41, 5.74) is 6.64. The molecular weight excluding hydrogens is 284 g/mol. The van der Waals surface area contributed by atoms with Gasteiger partial charge in [0.25, 0.3) is 0 Å². The molecule has 0 unspecified atom stereocenters. The standard InChI is InChI=1S/C10H13BrFNO.ClH/c1-14-10-3-2-7(11)6-8(10)9(13)4-5-12;/h2-3,6,9H,4-5,13H2,1H3;1H/t9-;/m1./s1. The van der Waals surface area contributed by atoms with Gasteiger partial charge in [0, 0.05) is 16.1 Å². The molecular formula is C10H14BrClFNO. The van der Waals surface area contributed by atoms with E-state index in [2.05, 4.69) is 15.9 Å². The Kier molecular flexibility index (Phi) is 6.89. The Morgan fingerprint density at radius 3 is 2.73 bits per heavy atom. The van der Waals surface area contributed by atoms with Crippen LogP contribution in [0.5, 0.6) is 5.75 Å². The van der Waals surface area contributed by atoms with Crippen molar-refractivity contribution < 1.29 is 9.13 Å². The molecule has 1 atom stereocenters. The number of rotatable bonds is 4. The zero-order valence-electron chi connectivity index (χ0n) is 8.37. The van der Waals surface area contributed by atoms with Crippen molar-refractivity contribution in [1.82, 2.24) is 0 Å². The first-order valence-corrected chi connectivity index (χ1v) is 5.13. The summed E-state index contributed by atoms with van der Waals surface area (Å²) in [6.45, 7) is -0.420. The normalized spacial score (nSPS) is 11.7. The third-order valence-electron chi connectivity index (χ3n) is 2.01. The van der Waals surface area contributed by atoms with Crippen molar-refractivity contribution in [3.8, 4) is 5.75 Å². The first kappa shape index (κ1) is 14.7. The predicted octanol–water partition coefficient (Wildman–Crippen LogP) is 3.24. The van der Waals surface area contributed by atoms with Gasteiger partial charge in [0.15, 0.2) is 0 Å². The van der Waals surface area contributed by atoms with Crippen LogP contribution in [0.2, 0.25) is 0 Å². The molecule has 0 fully saturated rings. The van der Waals surface area contributed by atoms with Crippen molar-refractivity contribution in [3.63, 3.8) is 0 Å². The summed E-state index contributed by atoms with van der Waals surface area (Å²) in [5.74, 6) is 0.703. The molecule has 0 aliphatic carbocycles. The zero-order chi connectivity index (χ0) is 10.6. The lowest BCUT2D eigenvalue weighted by molar-refractivity contribution is 0.395. The van der Waals surface area contributed by atoms with Gasteiger partial charge in [0.1, 0.15) is 5.75 Å². The number of methoxy groups -OCH3 is 1. The third kappa shape index (κ3) is 3.97. The molecule has 0 radical (unpaired) electrons. The minimum Gasteiger partial charge on any atom is -0.496 e. The van der Waals surface area contributed by atoms with Gasteiger partial charge >= 0.3 is 0 Å². The van der Waals surface area contributed by atoms with Gasteiger partial charge in [-0.2, -0.15) is 0 Å². The fourth-order valence-electron chi connectivity index (χ4n) is 1.27. The van der Waals surface area contributed by atoms with Crippen LogP contribution < -0.4 is 10.5 Å². The molecule has 1 aromatic rings. The molecule has 1 aromatic carbocycles. The van der Waals surface area contributed by atoms with E-state index in [1.165, 1.54) is 0 Å². The van der Waals surface area contributed by atoms with Crippen molar-refractivity contribution in [2.75, 3.05) is 13.8 Å². The van der Waals surface area contributed by atoms with Crippen LogP contribution in [0.4, 0.5) is 4.39 Å². The Morgan fingerprint density at radius 1 is 1.53 bits per heavy atom. The van der Waals surface area contributed by atoms with Crippen LogP contribution in [0.1, 0.15) is 18.0 Å². The van der Waals surface area contributed by atoms with E-state index >= 15 is 0 Å². The van der Waals surface area contributed by atoms with E-state index in [1.807, 2.05) is 18.2 Å². The maximum atomic E-state index is 12.1. The van der Waals surface area contributed by atoms with Gasteiger partial charge in [-0.05, 0) is 24.6 Å². The monoisotopic (exact) mass is 297 g/mol. The maximum absolute atomic E-state index is 12.1. The van der Waals surface area contributed by atoms with Gasteiger partial charge in [-0.3, -0.25) is 4.39 Å². The first-order valence-electron chi connectivity index (χ1n) is 4.34. The zero-order valence-corrected chi connectivity index (χ0v) is 10.8. The molecule has 0 aliphatic rings. The molecule has 2 nitrogen and oxygen atoms in total. The van der Waals surface area contributed by atoms with Gasteiger partial charge in [-0.15, -0.1) is 12.4 Å². The number of halogens is 3. The summed E-state index contributed by atoms with van der Waals surface area (Å²) < 4.78 is 18.2. The highest BCUT2D eigenvalue weighted by Gasteiger charge is 2.11. The van der Waals surface area contributed by atoms with Gasteiger partial charge in [-0.25, -0.2) is 0 Å². The Hall–Kier alpha value is -0.320. The van der Waals surface area contributed by atoms with E-state index < -0.39 is 6.67 Å². The first-order chi connectivity index (χ1) is 6.69. The van der Waals surface area contributed by atoms with Crippen molar-refractivity contribution in [1.29, 1.82) is 0 Å². The Bertz CT molecular complexity index is 311. The highest BCUT2D eigenvalue weighted by molar-refractivity contribution is 9.10. The SMILES string of the molecule is COc1ccc(Br)cc1[C@H](N)CCF.Cl. The molecule has 0 saturated carbocycles. The predicted molar refractivity (Wildman–Crippen MR) is 65.5 cm³/mol. The molecule has 1 rings (SSSR count). The topological polar surface area (TPSA) is 35.2 Å². The fourth-order valence-corrected chi connectivity index (χ4v) is 1.65. The second-order valence-electron chi connectivity index (χ2n) is 2.97. The van der Waals surface area contributed by atoms with E-state index in [0.717, 1.165) is 10.0 Å². The van der Waals surface area contributed by atoms with Crippen LogP contribution >= 0.6 is 28.3 Å². The van der Waals surface area contributed by atoms with Crippen LogP contribution in [0.25, 0.3) is 0 Å². The Balaban J connectivity index is 0.00000196. The molecule has 5 heteroatoms. The fraction of sp³-hybridized carbons (Fsp3) is 0.400. The average molecular weight is 299 g/mol. The maximum Gasteiger partial charge on any atom is 0.123 e. The lowest BCUT2D eigenvalue weighted by atomic mass is 10.0. The van der Waals surface area contributed by atoms with Crippen LogP contribution in [0.3, 0.4) is 0 Å². The van der Waals surface area contributed by atoms with Crippen LogP contribution in [-0.2, 0) is 0 Å². The average Bonchev–Trinajstić information content (AvgIpc) is 2.18. The van der Waals surface area contributed by atoms with Crippen LogP contribution in [-0.4, -0.2) is 13.8 Å². The van der Waals surface area contributed by atoms with Crippen molar-refractivity contribution in [3.05, 3.63) is 28.2 Å². The van der Waals surface area contributed by atoms with Crippen LogP contribution in [0, 0.1) is 0 Å². The molecule has 86 valence electrons. The number of nitrogens with two attached hydrogens (primary N) is 1. The van der Waals surface area contributed by atoms with Gasteiger partial charge < -0.3 is 10.5 Å². The van der Waals surface area contributed by atoms with E-state index in [0.29, 0.717) is 12.2 Å². The van der Waals surface area contributed by atoms with Crippen molar-refractivity contribution >= 4 is 28.3 Å². The van der Waals surface area contributed by atoms with E-state index in [9.17, 15) is 4.39 Å². The highest BCUT2D eigenvalue weighted by atomic mass is 79.9. The third-order valence-corrected chi connectivity index (χ3v) is 2.50. The second-order valence-corrected chi connectivity index (χ2v) is 3.89. The molecule has 0 aromatic heterocycles. The Labute approximate surface area is 104 Å². The summed E-state index contributed by atoms with van der Waals surface area (Å²) in [4.78, 5) is 0. The highest BCUT2D eigenvalue weighted by Crippen LogP contribution is 2.28. The lowest BCUT2D eigenvalue weighted by Gasteiger charge is -2.14. The lowest BCUT2D eigenvalue weighted by Crippen LogP contribution is -2.12. The molecule has 0 spiro atoms. The number of hydrogen-bond donors (Lipinski definition) is 1. The van der Waals surface area contributed by atoms with Gasteiger partial charge in [0.2, 0.25) is 0 Å². The van der Waals surface area contributed by atoms with E-state index in [4.69, 9.17) is 10.5 Å².